The summed E-state index contributed by atoms with van der Waals surface area (Å²) in [5.41, 5.74) is 0.572. The molecule has 2 N–H and O–H groups in total. The van der Waals surface area contributed by atoms with Crippen molar-refractivity contribution >= 4 is 21.4 Å². The molecular formula is C16H19NO5S2. The van der Waals surface area contributed by atoms with Gasteiger partial charge in [-0.1, -0.05) is 13.0 Å². The highest BCUT2D eigenvalue weighted by Crippen LogP contribution is 2.32. The fourth-order valence-electron chi connectivity index (χ4n) is 2.34. The summed E-state index contributed by atoms with van der Waals surface area (Å²) >= 11 is 1.24. The maximum absolute atomic E-state index is 12.3. The van der Waals surface area contributed by atoms with Gasteiger partial charge in [-0.3, -0.25) is 0 Å². The van der Waals surface area contributed by atoms with E-state index in [1.807, 2.05) is 6.92 Å². The zero-order chi connectivity index (χ0) is 17.2. The molecule has 2 heterocycles. The zero-order valence-electron chi connectivity index (χ0n) is 13.2. The average molecular weight is 369 g/mol. The lowest BCUT2D eigenvalue weighted by molar-refractivity contribution is 0.165. The third-order valence-electron chi connectivity index (χ3n) is 3.67. The Kier molecular flexibility index (Phi) is 5.09. The number of sulfonamides is 1. The first-order valence-corrected chi connectivity index (χ1v) is 9.95. The highest BCUT2D eigenvalue weighted by atomic mass is 32.2. The Morgan fingerprint density at radius 1 is 1.21 bits per heavy atom. The molecule has 3 rings (SSSR count). The summed E-state index contributed by atoms with van der Waals surface area (Å²) in [6.45, 7) is 2.81. The number of hydrogen-bond donors (Lipinski definition) is 2. The van der Waals surface area contributed by atoms with Crippen molar-refractivity contribution in [3.63, 3.8) is 0 Å². The molecule has 6 nitrogen and oxygen atoms in total. The third-order valence-corrected chi connectivity index (χ3v) is 6.81. The smallest absolute Gasteiger partial charge is 0.250 e. The van der Waals surface area contributed by atoms with Crippen LogP contribution >= 0.6 is 11.3 Å². The van der Waals surface area contributed by atoms with E-state index in [4.69, 9.17) is 9.47 Å². The molecule has 1 aromatic carbocycles. The van der Waals surface area contributed by atoms with Gasteiger partial charge in [-0.2, -0.15) is 0 Å². The molecule has 0 spiro atoms. The van der Waals surface area contributed by atoms with E-state index in [9.17, 15) is 13.5 Å². The number of thiophene rings is 1. The van der Waals surface area contributed by atoms with Crippen LogP contribution in [0.15, 0.2) is 34.5 Å². The first-order chi connectivity index (χ1) is 11.5. The van der Waals surface area contributed by atoms with E-state index in [1.54, 1.807) is 30.3 Å². The Labute approximate surface area is 145 Å². The Bertz CT molecular complexity index is 816. The van der Waals surface area contributed by atoms with Crippen molar-refractivity contribution in [2.45, 2.75) is 23.7 Å². The number of fused-ring (bicyclic) bond motifs is 1. The van der Waals surface area contributed by atoms with Crippen LogP contribution < -0.4 is 14.2 Å². The van der Waals surface area contributed by atoms with Crippen molar-refractivity contribution in [1.29, 1.82) is 0 Å². The molecule has 0 amide bonds. The minimum atomic E-state index is -3.62. The van der Waals surface area contributed by atoms with Crippen LogP contribution in [0.3, 0.4) is 0 Å². The summed E-state index contributed by atoms with van der Waals surface area (Å²) in [6, 6.07) is 8.48. The van der Waals surface area contributed by atoms with Gasteiger partial charge < -0.3 is 14.6 Å². The highest BCUT2D eigenvalue weighted by Gasteiger charge is 2.20. The number of hydrogen-bond acceptors (Lipinski definition) is 6. The van der Waals surface area contributed by atoms with E-state index in [0.717, 1.165) is 11.3 Å². The number of benzene rings is 1. The topological polar surface area (TPSA) is 84.9 Å². The second-order valence-electron chi connectivity index (χ2n) is 5.35. The van der Waals surface area contributed by atoms with Gasteiger partial charge in [-0.05, 0) is 36.2 Å². The number of ether oxygens (including phenoxy) is 2. The lowest BCUT2D eigenvalue weighted by Crippen LogP contribution is -2.28. The molecule has 0 radical (unpaired) electrons. The van der Waals surface area contributed by atoms with Gasteiger partial charge in [0.1, 0.15) is 17.4 Å². The monoisotopic (exact) mass is 369 g/mol. The maximum atomic E-state index is 12.3. The Hall–Kier alpha value is -1.61. The molecule has 0 saturated carbocycles. The zero-order valence-corrected chi connectivity index (χ0v) is 14.8. The summed E-state index contributed by atoms with van der Waals surface area (Å²) in [7, 11) is -3.62. The molecule has 1 aliphatic rings. The largest absolute Gasteiger partial charge is 0.486 e. The van der Waals surface area contributed by atoms with Crippen molar-refractivity contribution in [1.82, 2.24) is 4.72 Å². The Balaban J connectivity index is 1.67. The van der Waals surface area contributed by atoms with Crippen LogP contribution in [0.2, 0.25) is 0 Å². The number of aryl methyl sites for hydroxylation is 1. The summed E-state index contributed by atoms with van der Waals surface area (Å²) in [5, 5.41) is 10.3. The van der Waals surface area contributed by atoms with E-state index in [2.05, 4.69) is 4.72 Å². The second-order valence-corrected chi connectivity index (χ2v) is 8.51. The molecule has 0 fully saturated rings. The van der Waals surface area contributed by atoms with Crippen LogP contribution in [-0.4, -0.2) is 33.3 Å². The minimum Gasteiger partial charge on any atom is -0.486 e. The van der Waals surface area contributed by atoms with Crippen LogP contribution in [0, 0.1) is 0 Å². The summed E-state index contributed by atoms with van der Waals surface area (Å²) in [6.07, 6.45) is -0.179. The van der Waals surface area contributed by atoms with Crippen molar-refractivity contribution < 1.29 is 23.0 Å². The van der Waals surface area contributed by atoms with Gasteiger partial charge >= 0.3 is 0 Å². The number of rotatable bonds is 6. The predicted octanol–water partition coefficient (Wildman–Crippen LogP) is 2.09. The lowest BCUT2D eigenvalue weighted by atomic mass is 10.1. The quantitative estimate of drug-likeness (QED) is 0.814. The molecule has 0 aliphatic carbocycles. The van der Waals surface area contributed by atoms with Gasteiger partial charge in [0.2, 0.25) is 10.0 Å². The van der Waals surface area contributed by atoms with Gasteiger partial charge in [0, 0.05) is 11.4 Å². The van der Waals surface area contributed by atoms with E-state index in [0.29, 0.717) is 30.3 Å². The lowest BCUT2D eigenvalue weighted by Gasteiger charge is -2.20. The average Bonchev–Trinajstić information content (AvgIpc) is 3.09. The fourth-order valence-corrected chi connectivity index (χ4v) is 4.72. The van der Waals surface area contributed by atoms with Gasteiger partial charge in [-0.25, -0.2) is 13.1 Å². The second kappa shape index (κ2) is 7.10. The molecule has 0 bridgehead atoms. The minimum absolute atomic E-state index is 0.110. The number of nitrogens with one attached hydrogen (secondary N) is 1. The molecule has 8 heteroatoms. The van der Waals surface area contributed by atoms with E-state index in [1.165, 1.54) is 11.3 Å². The van der Waals surface area contributed by atoms with Crippen LogP contribution in [-0.2, 0) is 16.4 Å². The summed E-state index contributed by atoms with van der Waals surface area (Å²) in [4.78, 5) is 1.00. The Morgan fingerprint density at radius 3 is 2.67 bits per heavy atom. The van der Waals surface area contributed by atoms with Crippen LogP contribution in [0.1, 0.15) is 23.5 Å². The first kappa shape index (κ1) is 17.2. The van der Waals surface area contributed by atoms with Gasteiger partial charge in [0.25, 0.3) is 0 Å². The molecule has 1 atom stereocenters. The fraction of sp³-hybridized carbons (Fsp3) is 0.375. The van der Waals surface area contributed by atoms with Crippen molar-refractivity contribution in [2.75, 3.05) is 19.8 Å². The van der Waals surface area contributed by atoms with Gasteiger partial charge in [0.05, 0.1) is 6.10 Å². The first-order valence-electron chi connectivity index (χ1n) is 7.65. The van der Waals surface area contributed by atoms with E-state index < -0.39 is 16.1 Å². The molecule has 130 valence electrons. The normalized spacial score (nSPS) is 15.2. The third kappa shape index (κ3) is 3.72. The molecule has 1 aliphatic heterocycles. The Morgan fingerprint density at radius 2 is 1.96 bits per heavy atom. The SMILES string of the molecule is CCc1ccc(S(=O)(=O)NCC(O)c2ccc3c(c2)OCCO3)s1. The molecule has 1 aromatic heterocycles. The standard InChI is InChI=1S/C16H19NO5S2/c1-2-12-4-6-16(23-12)24(19,20)17-10-13(18)11-3-5-14-15(9-11)22-8-7-21-14/h3-6,9,13,17-18H,2,7-8,10H2,1H3. The molecular weight excluding hydrogens is 350 g/mol. The van der Waals surface area contributed by atoms with Crippen molar-refractivity contribution in [3.05, 3.63) is 40.8 Å². The summed E-state index contributed by atoms with van der Waals surface area (Å²) < 4.78 is 38.2. The van der Waals surface area contributed by atoms with E-state index in [-0.39, 0.29) is 10.8 Å². The van der Waals surface area contributed by atoms with Gasteiger partial charge in [0.15, 0.2) is 11.5 Å². The van der Waals surface area contributed by atoms with Crippen LogP contribution in [0.25, 0.3) is 0 Å². The van der Waals surface area contributed by atoms with Crippen molar-refractivity contribution in [2.24, 2.45) is 0 Å². The highest BCUT2D eigenvalue weighted by molar-refractivity contribution is 7.91. The van der Waals surface area contributed by atoms with Crippen LogP contribution in [0.5, 0.6) is 11.5 Å². The van der Waals surface area contributed by atoms with Crippen molar-refractivity contribution in [3.8, 4) is 11.5 Å². The summed E-state index contributed by atoms with van der Waals surface area (Å²) in [5.74, 6) is 1.19. The maximum Gasteiger partial charge on any atom is 0.250 e. The van der Waals surface area contributed by atoms with Crippen LogP contribution in [0.4, 0.5) is 0 Å². The molecule has 1 unspecified atom stereocenters. The van der Waals surface area contributed by atoms with E-state index >= 15 is 0 Å². The predicted molar refractivity (Wildman–Crippen MR) is 91.3 cm³/mol. The molecule has 24 heavy (non-hydrogen) atoms. The molecule has 2 aromatic rings. The molecule has 0 saturated heterocycles. The number of aliphatic hydroxyl groups is 1. The van der Waals surface area contributed by atoms with Gasteiger partial charge in [-0.15, -0.1) is 11.3 Å². The number of aliphatic hydroxyl groups excluding tert-OH is 1.